The lowest BCUT2D eigenvalue weighted by molar-refractivity contribution is 0.386. The lowest BCUT2D eigenvalue weighted by Gasteiger charge is -2.22. The van der Waals surface area contributed by atoms with Crippen LogP contribution >= 0.6 is 0 Å². The second kappa shape index (κ2) is 8.52. The van der Waals surface area contributed by atoms with Gasteiger partial charge in [0.2, 0.25) is 0 Å². The highest BCUT2D eigenvalue weighted by Gasteiger charge is 2.40. The van der Waals surface area contributed by atoms with Gasteiger partial charge in [-0.15, -0.1) is 0 Å². The molecular formula is C21H13AlF8O. The molecule has 0 saturated heterocycles. The molecule has 162 valence electrons. The van der Waals surface area contributed by atoms with E-state index in [2.05, 4.69) is 0 Å². The fraction of sp³-hybridized carbons (Fsp3) is 0.143. The Labute approximate surface area is 176 Å². The fourth-order valence-corrected chi connectivity index (χ4v) is 7.04. The summed E-state index contributed by atoms with van der Waals surface area (Å²) in [4.78, 5) is 0. The maximum absolute atomic E-state index is 15.1. The van der Waals surface area contributed by atoms with E-state index in [9.17, 15) is 30.7 Å². The molecule has 3 rings (SSSR count). The van der Waals surface area contributed by atoms with Gasteiger partial charge in [0.15, 0.2) is 34.8 Å². The van der Waals surface area contributed by atoms with Crippen LogP contribution in [0.15, 0.2) is 24.3 Å². The van der Waals surface area contributed by atoms with Crippen molar-refractivity contribution in [2.45, 2.75) is 13.8 Å². The molecule has 0 fully saturated rings. The standard InChI is InChI=1S/2C7H4F3.C7H5F2O.Al/c2*1-4-2-5(8)3-6(9)7(4)10;1-10-7-3-2-5(8)4-6(7)9;/h2*3H,1H3;2-3H,1H3;. The van der Waals surface area contributed by atoms with Crippen molar-refractivity contribution in [3.05, 3.63) is 81.9 Å². The lowest BCUT2D eigenvalue weighted by atomic mass is 10.2. The first-order valence-electron chi connectivity index (χ1n) is 8.81. The van der Waals surface area contributed by atoms with Crippen LogP contribution in [-0.2, 0) is 0 Å². The van der Waals surface area contributed by atoms with Gasteiger partial charge in [-0.2, -0.15) is 0 Å². The predicted molar refractivity (Wildman–Crippen MR) is 99.7 cm³/mol. The summed E-state index contributed by atoms with van der Waals surface area (Å²) in [5, 5.41) is 0. The van der Waals surface area contributed by atoms with Crippen LogP contribution in [0.5, 0.6) is 5.75 Å². The van der Waals surface area contributed by atoms with Crippen molar-refractivity contribution < 1.29 is 39.9 Å². The van der Waals surface area contributed by atoms with E-state index in [0.29, 0.717) is 0 Å². The van der Waals surface area contributed by atoms with E-state index in [1.54, 1.807) is 0 Å². The smallest absolute Gasteiger partial charge is 0.403 e. The quantitative estimate of drug-likeness (QED) is 0.326. The van der Waals surface area contributed by atoms with Crippen molar-refractivity contribution in [2.24, 2.45) is 0 Å². The maximum Gasteiger partial charge on any atom is 0.403 e. The summed E-state index contributed by atoms with van der Waals surface area (Å²) >= 11 is -4.08. The van der Waals surface area contributed by atoms with Gasteiger partial charge in [-0.25, -0.2) is 35.1 Å². The van der Waals surface area contributed by atoms with E-state index in [-0.39, 0.29) is 12.1 Å². The summed E-state index contributed by atoms with van der Waals surface area (Å²) in [6.07, 6.45) is 0. The Kier molecular flexibility index (Phi) is 6.35. The Hall–Kier alpha value is -2.57. The largest absolute Gasteiger partial charge is 0.494 e. The first kappa shape index (κ1) is 23.1. The number of methoxy groups -OCH3 is 1. The highest BCUT2D eigenvalue weighted by Crippen LogP contribution is 2.21. The van der Waals surface area contributed by atoms with Crippen molar-refractivity contribution in [3.8, 4) is 5.75 Å². The minimum Gasteiger partial charge on any atom is -0.494 e. The summed E-state index contributed by atoms with van der Waals surface area (Å²) < 4.78 is 118. The zero-order valence-corrected chi connectivity index (χ0v) is 17.5. The van der Waals surface area contributed by atoms with Crippen molar-refractivity contribution >= 4 is 27.4 Å². The van der Waals surface area contributed by atoms with Crippen LogP contribution in [0.4, 0.5) is 35.1 Å². The molecule has 1 nitrogen and oxygen atoms in total. The molecule has 0 aliphatic carbocycles. The molecule has 0 aliphatic heterocycles. The van der Waals surface area contributed by atoms with E-state index >= 15 is 4.39 Å². The number of rotatable bonds is 4. The topological polar surface area (TPSA) is 9.23 Å². The molecule has 0 unspecified atom stereocenters. The molecule has 0 heterocycles. The molecule has 0 saturated carbocycles. The average Bonchev–Trinajstić information content (AvgIpc) is 2.70. The number of hydrogen-bond acceptors (Lipinski definition) is 1. The third kappa shape index (κ3) is 3.79. The van der Waals surface area contributed by atoms with Gasteiger partial charge in [-0.05, 0) is 41.5 Å². The molecule has 0 radical (unpaired) electrons. The molecule has 0 aromatic heterocycles. The first-order chi connectivity index (χ1) is 14.5. The molecule has 31 heavy (non-hydrogen) atoms. The van der Waals surface area contributed by atoms with Crippen molar-refractivity contribution in [1.82, 2.24) is 0 Å². The van der Waals surface area contributed by atoms with Crippen LogP contribution in [0, 0.1) is 60.4 Å². The molecule has 0 bridgehead atoms. The van der Waals surface area contributed by atoms with E-state index in [1.165, 1.54) is 0 Å². The normalized spacial score (nSPS) is 11.1. The highest BCUT2D eigenvalue weighted by molar-refractivity contribution is 6.96. The zero-order valence-electron chi connectivity index (χ0n) is 16.3. The van der Waals surface area contributed by atoms with Crippen LogP contribution in [0.25, 0.3) is 0 Å². The predicted octanol–water partition coefficient (Wildman–Crippen LogP) is 3.94. The zero-order chi connectivity index (χ0) is 23.2. The molecule has 0 amide bonds. The van der Waals surface area contributed by atoms with Crippen molar-refractivity contribution in [1.29, 1.82) is 0 Å². The monoisotopic (exact) mass is 460 g/mol. The minimum atomic E-state index is -4.08. The van der Waals surface area contributed by atoms with Crippen LogP contribution in [0.3, 0.4) is 0 Å². The van der Waals surface area contributed by atoms with E-state index in [4.69, 9.17) is 4.74 Å². The third-order valence-electron chi connectivity index (χ3n) is 5.08. The molecule has 0 spiro atoms. The SMILES string of the molecule is COc1ccc(F)[c]([Al]([c]2c(F)cc(F)c(F)c2C)[c]2c(F)cc(F)c(F)c2C)c1F. The second-order valence-corrected chi connectivity index (χ2v) is 9.39. The van der Waals surface area contributed by atoms with E-state index in [1.807, 2.05) is 0 Å². The van der Waals surface area contributed by atoms with Gasteiger partial charge < -0.3 is 4.74 Å². The van der Waals surface area contributed by atoms with Gasteiger partial charge in [-0.3, -0.25) is 0 Å². The summed E-state index contributed by atoms with van der Waals surface area (Å²) in [6.45, 7) is 1.89. The lowest BCUT2D eigenvalue weighted by Crippen LogP contribution is -2.59. The maximum atomic E-state index is 15.1. The Bertz CT molecular complexity index is 1130. The van der Waals surface area contributed by atoms with Gasteiger partial charge in [0, 0.05) is 12.1 Å². The second-order valence-electron chi connectivity index (χ2n) is 6.80. The first-order valence-corrected chi connectivity index (χ1v) is 10.5. The van der Waals surface area contributed by atoms with Crippen molar-refractivity contribution in [3.63, 3.8) is 0 Å². The molecule has 3 aromatic carbocycles. The van der Waals surface area contributed by atoms with Crippen molar-refractivity contribution in [2.75, 3.05) is 7.11 Å². The third-order valence-corrected chi connectivity index (χ3v) is 8.76. The Morgan fingerprint density at radius 3 is 1.45 bits per heavy atom. The van der Waals surface area contributed by atoms with Crippen LogP contribution in [-0.4, -0.2) is 21.3 Å². The fourth-order valence-electron chi connectivity index (χ4n) is 3.57. The molecule has 0 aliphatic rings. The Morgan fingerprint density at radius 2 is 1.03 bits per heavy atom. The average molecular weight is 460 g/mol. The molecule has 0 atom stereocenters. The summed E-state index contributed by atoms with van der Waals surface area (Å²) in [5.41, 5.74) is -1.33. The summed E-state index contributed by atoms with van der Waals surface area (Å²) in [6, 6.07) is 1.99. The van der Waals surface area contributed by atoms with E-state index in [0.717, 1.165) is 33.1 Å². The molecule has 10 heteroatoms. The number of benzene rings is 3. The minimum absolute atomic E-state index is 0.154. The highest BCUT2D eigenvalue weighted by atomic mass is 27.2. The summed E-state index contributed by atoms with van der Waals surface area (Å²) in [5.74, 6) is -12.1. The van der Waals surface area contributed by atoms with Crippen LogP contribution in [0.2, 0.25) is 0 Å². The van der Waals surface area contributed by atoms with Gasteiger partial charge in [0.05, 0.1) is 7.11 Å². The van der Waals surface area contributed by atoms with Gasteiger partial charge in [0.25, 0.3) is 0 Å². The summed E-state index contributed by atoms with van der Waals surface area (Å²) in [7, 11) is 1.06. The number of ether oxygens (including phenoxy) is 1. The van der Waals surface area contributed by atoms with Gasteiger partial charge >= 0.3 is 14.1 Å². The Balaban J connectivity index is 2.54. The molecule has 0 N–H and O–H groups in total. The number of hydrogen-bond donors (Lipinski definition) is 0. The van der Waals surface area contributed by atoms with Gasteiger partial charge in [-0.1, -0.05) is 8.85 Å². The van der Waals surface area contributed by atoms with Crippen LogP contribution in [0.1, 0.15) is 11.1 Å². The Morgan fingerprint density at radius 1 is 0.581 bits per heavy atom. The molecular weight excluding hydrogens is 447 g/mol. The number of halogens is 8. The van der Waals surface area contributed by atoms with Gasteiger partial charge in [0.1, 0.15) is 17.5 Å². The van der Waals surface area contributed by atoms with Crippen LogP contribution < -0.4 is 18.0 Å². The van der Waals surface area contributed by atoms with E-state index < -0.39 is 90.8 Å². The molecule has 3 aromatic rings.